The van der Waals surface area contributed by atoms with Gasteiger partial charge in [0.15, 0.2) is 0 Å². The fraction of sp³-hybridized carbons (Fsp3) is 1.00. The molecule has 0 saturated heterocycles. The van der Waals surface area contributed by atoms with Crippen LogP contribution in [0.4, 0.5) is 4.39 Å². The van der Waals surface area contributed by atoms with Crippen molar-refractivity contribution >= 4 is 0 Å². The molecule has 0 aromatic rings. The molecule has 1 rings (SSSR count). The first-order valence-electron chi connectivity index (χ1n) is 2.96. The second kappa shape index (κ2) is 1.69. The Morgan fingerprint density at radius 1 is 1.75 bits per heavy atom. The number of halogens is 1. The maximum atomic E-state index is 12.6. The minimum absolute atomic E-state index is 0.294. The highest BCUT2D eigenvalue weighted by Crippen LogP contribution is 2.39. The SMILES string of the molecule is CC1CC(F)(CO)C1. The zero-order valence-corrected chi connectivity index (χ0v) is 5.02. The summed E-state index contributed by atoms with van der Waals surface area (Å²) in [5.74, 6) is 0.479. The number of rotatable bonds is 1. The first-order chi connectivity index (χ1) is 3.66. The van der Waals surface area contributed by atoms with Crippen LogP contribution in [0.15, 0.2) is 0 Å². The quantitative estimate of drug-likeness (QED) is 0.547. The molecule has 0 aromatic carbocycles. The van der Waals surface area contributed by atoms with E-state index in [0.29, 0.717) is 18.8 Å². The lowest BCUT2D eigenvalue weighted by molar-refractivity contribution is -0.0327. The van der Waals surface area contributed by atoms with E-state index in [4.69, 9.17) is 5.11 Å². The molecule has 2 heteroatoms. The topological polar surface area (TPSA) is 20.2 Å². The smallest absolute Gasteiger partial charge is 0.134 e. The number of alkyl halides is 1. The van der Waals surface area contributed by atoms with E-state index in [2.05, 4.69) is 0 Å². The normalized spacial score (nSPS) is 46.1. The third-order valence-electron chi connectivity index (χ3n) is 1.71. The third kappa shape index (κ3) is 0.848. The Kier molecular flexibility index (Phi) is 1.27. The van der Waals surface area contributed by atoms with Crippen LogP contribution in [0.3, 0.4) is 0 Å². The van der Waals surface area contributed by atoms with Crippen molar-refractivity contribution in [1.29, 1.82) is 0 Å². The zero-order valence-electron chi connectivity index (χ0n) is 5.02. The highest BCUT2D eigenvalue weighted by atomic mass is 19.1. The van der Waals surface area contributed by atoms with Gasteiger partial charge in [-0.3, -0.25) is 0 Å². The standard InChI is InChI=1S/C6H11FO/c1-5-2-6(7,3-5)4-8/h5,8H,2-4H2,1H3. The van der Waals surface area contributed by atoms with E-state index in [1.807, 2.05) is 6.92 Å². The summed E-state index contributed by atoms with van der Waals surface area (Å²) >= 11 is 0. The van der Waals surface area contributed by atoms with Crippen LogP contribution in [0.2, 0.25) is 0 Å². The Morgan fingerprint density at radius 2 is 2.25 bits per heavy atom. The molecular weight excluding hydrogens is 107 g/mol. The van der Waals surface area contributed by atoms with Gasteiger partial charge in [-0.15, -0.1) is 0 Å². The predicted molar refractivity (Wildman–Crippen MR) is 29.3 cm³/mol. The van der Waals surface area contributed by atoms with Crippen LogP contribution in [-0.4, -0.2) is 17.4 Å². The van der Waals surface area contributed by atoms with E-state index in [1.165, 1.54) is 0 Å². The maximum Gasteiger partial charge on any atom is 0.134 e. The number of hydrogen-bond donors (Lipinski definition) is 1. The summed E-state index contributed by atoms with van der Waals surface area (Å²) in [6, 6.07) is 0. The van der Waals surface area contributed by atoms with Crippen molar-refractivity contribution in [2.75, 3.05) is 6.61 Å². The Bertz CT molecular complexity index is 86.5. The second-order valence-corrected chi connectivity index (χ2v) is 2.82. The first-order valence-corrected chi connectivity index (χ1v) is 2.96. The molecule has 0 aromatic heterocycles. The average molecular weight is 118 g/mol. The van der Waals surface area contributed by atoms with Gasteiger partial charge in [0.2, 0.25) is 0 Å². The van der Waals surface area contributed by atoms with Crippen molar-refractivity contribution in [3.05, 3.63) is 0 Å². The van der Waals surface area contributed by atoms with Crippen LogP contribution in [-0.2, 0) is 0 Å². The van der Waals surface area contributed by atoms with Crippen molar-refractivity contribution in [2.24, 2.45) is 5.92 Å². The van der Waals surface area contributed by atoms with Gasteiger partial charge in [0, 0.05) is 0 Å². The van der Waals surface area contributed by atoms with Gasteiger partial charge in [0.05, 0.1) is 6.61 Å². The van der Waals surface area contributed by atoms with Crippen LogP contribution in [0.5, 0.6) is 0 Å². The second-order valence-electron chi connectivity index (χ2n) is 2.82. The molecule has 0 bridgehead atoms. The summed E-state index contributed by atoms with van der Waals surface area (Å²) in [5, 5.41) is 8.39. The fourth-order valence-corrected chi connectivity index (χ4v) is 1.32. The van der Waals surface area contributed by atoms with Gasteiger partial charge in [0.25, 0.3) is 0 Å². The summed E-state index contributed by atoms with van der Waals surface area (Å²) in [6.07, 6.45) is 1.09. The van der Waals surface area contributed by atoms with Gasteiger partial charge in [0.1, 0.15) is 5.67 Å². The largest absolute Gasteiger partial charge is 0.393 e. The molecule has 0 heterocycles. The first kappa shape index (κ1) is 6.02. The molecule has 0 unspecified atom stereocenters. The van der Waals surface area contributed by atoms with Gasteiger partial charge in [-0.2, -0.15) is 0 Å². The molecule has 0 radical (unpaired) electrons. The number of hydrogen-bond acceptors (Lipinski definition) is 1. The highest BCUT2D eigenvalue weighted by molar-refractivity contribution is 4.91. The summed E-state index contributed by atoms with van der Waals surface area (Å²) < 4.78 is 12.6. The Morgan fingerprint density at radius 3 is 2.38 bits per heavy atom. The summed E-state index contributed by atoms with van der Waals surface area (Å²) in [6.45, 7) is 1.70. The number of aliphatic hydroxyl groups excluding tert-OH is 1. The molecule has 1 aliphatic carbocycles. The van der Waals surface area contributed by atoms with Crippen LogP contribution >= 0.6 is 0 Å². The fourth-order valence-electron chi connectivity index (χ4n) is 1.32. The Hall–Kier alpha value is -0.110. The molecule has 0 amide bonds. The van der Waals surface area contributed by atoms with E-state index in [9.17, 15) is 4.39 Å². The minimum Gasteiger partial charge on any atom is -0.393 e. The van der Waals surface area contributed by atoms with Crippen molar-refractivity contribution in [2.45, 2.75) is 25.4 Å². The molecule has 48 valence electrons. The van der Waals surface area contributed by atoms with E-state index in [1.54, 1.807) is 0 Å². The van der Waals surface area contributed by atoms with E-state index in [-0.39, 0.29) is 6.61 Å². The van der Waals surface area contributed by atoms with Crippen molar-refractivity contribution < 1.29 is 9.50 Å². The van der Waals surface area contributed by atoms with Crippen LogP contribution < -0.4 is 0 Å². The Balaban J connectivity index is 2.30. The van der Waals surface area contributed by atoms with Crippen molar-refractivity contribution in [1.82, 2.24) is 0 Å². The molecule has 0 spiro atoms. The van der Waals surface area contributed by atoms with Crippen molar-refractivity contribution in [3.8, 4) is 0 Å². The van der Waals surface area contributed by atoms with Crippen LogP contribution in [0.25, 0.3) is 0 Å². The monoisotopic (exact) mass is 118 g/mol. The van der Waals surface area contributed by atoms with E-state index >= 15 is 0 Å². The Labute approximate surface area is 48.5 Å². The number of aliphatic hydroxyl groups is 1. The lowest BCUT2D eigenvalue weighted by atomic mass is 9.74. The summed E-state index contributed by atoms with van der Waals surface area (Å²) in [5.41, 5.74) is -1.21. The van der Waals surface area contributed by atoms with Crippen molar-refractivity contribution in [3.63, 3.8) is 0 Å². The summed E-state index contributed by atoms with van der Waals surface area (Å²) in [7, 11) is 0. The molecule has 1 aliphatic rings. The van der Waals surface area contributed by atoms with Gasteiger partial charge in [-0.05, 0) is 18.8 Å². The molecular formula is C6H11FO. The third-order valence-corrected chi connectivity index (χ3v) is 1.71. The lowest BCUT2D eigenvalue weighted by Gasteiger charge is -2.37. The zero-order chi connectivity index (χ0) is 6.20. The minimum atomic E-state index is -1.21. The molecule has 0 atom stereocenters. The van der Waals surface area contributed by atoms with Crippen LogP contribution in [0, 0.1) is 5.92 Å². The molecule has 1 nitrogen and oxygen atoms in total. The van der Waals surface area contributed by atoms with E-state index < -0.39 is 5.67 Å². The lowest BCUT2D eigenvalue weighted by Crippen LogP contribution is -2.41. The van der Waals surface area contributed by atoms with Gasteiger partial charge in [-0.25, -0.2) is 4.39 Å². The van der Waals surface area contributed by atoms with Gasteiger partial charge < -0.3 is 5.11 Å². The molecule has 0 aliphatic heterocycles. The summed E-state index contributed by atoms with van der Waals surface area (Å²) in [4.78, 5) is 0. The van der Waals surface area contributed by atoms with E-state index in [0.717, 1.165) is 0 Å². The molecule has 1 saturated carbocycles. The van der Waals surface area contributed by atoms with Gasteiger partial charge in [-0.1, -0.05) is 6.92 Å². The van der Waals surface area contributed by atoms with Gasteiger partial charge >= 0.3 is 0 Å². The molecule has 1 fully saturated rings. The molecule has 8 heavy (non-hydrogen) atoms. The van der Waals surface area contributed by atoms with Crippen LogP contribution in [0.1, 0.15) is 19.8 Å². The molecule has 1 N–H and O–H groups in total. The highest BCUT2D eigenvalue weighted by Gasteiger charge is 2.41. The average Bonchev–Trinajstić information content (AvgIpc) is 1.63. The maximum absolute atomic E-state index is 12.6. The predicted octanol–water partition coefficient (Wildman–Crippen LogP) is 1.12.